The van der Waals surface area contributed by atoms with Gasteiger partial charge in [-0.05, 0) is 0 Å². The van der Waals surface area contributed by atoms with E-state index in [1.54, 1.807) is 19.0 Å². The van der Waals surface area contributed by atoms with Crippen molar-refractivity contribution in [3.8, 4) is 0 Å². The SMILES string of the molecule is CN(C)C(=O)CN=C(c1ccccc1)c1ccccc1. The van der Waals surface area contributed by atoms with Crippen LogP contribution < -0.4 is 0 Å². The van der Waals surface area contributed by atoms with E-state index < -0.39 is 0 Å². The summed E-state index contributed by atoms with van der Waals surface area (Å²) in [6.45, 7) is 0.159. The fraction of sp³-hybridized carbons (Fsp3) is 0.176. The fourth-order valence-corrected chi connectivity index (χ4v) is 1.83. The normalized spacial score (nSPS) is 9.90. The summed E-state index contributed by atoms with van der Waals surface area (Å²) in [5, 5.41) is 0. The highest BCUT2D eigenvalue weighted by Crippen LogP contribution is 2.11. The molecule has 0 aliphatic rings. The molecule has 0 aliphatic heterocycles. The van der Waals surface area contributed by atoms with Crippen molar-refractivity contribution in [2.45, 2.75) is 0 Å². The molecule has 20 heavy (non-hydrogen) atoms. The van der Waals surface area contributed by atoms with Crippen LogP contribution in [0.5, 0.6) is 0 Å². The number of aliphatic imine (C=N–C) groups is 1. The molecule has 3 nitrogen and oxygen atoms in total. The third-order valence-corrected chi connectivity index (χ3v) is 2.97. The first-order chi connectivity index (χ1) is 9.68. The first-order valence-electron chi connectivity index (χ1n) is 6.54. The van der Waals surface area contributed by atoms with Crippen LogP contribution in [-0.4, -0.2) is 37.2 Å². The maximum absolute atomic E-state index is 11.7. The first-order valence-corrected chi connectivity index (χ1v) is 6.54. The standard InChI is InChI=1S/C17H18N2O/c1-19(2)16(20)13-18-17(14-9-5-3-6-10-14)15-11-7-4-8-12-15/h3-12H,13H2,1-2H3. The van der Waals surface area contributed by atoms with Gasteiger partial charge < -0.3 is 4.90 Å². The lowest BCUT2D eigenvalue weighted by Gasteiger charge is -2.10. The summed E-state index contributed by atoms with van der Waals surface area (Å²) in [5.41, 5.74) is 2.89. The van der Waals surface area contributed by atoms with Crippen LogP contribution in [0.15, 0.2) is 65.7 Å². The number of hydrogen-bond acceptors (Lipinski definition) is 2. The molecule has 0 saturated heterocycles. The Kier molecular flexibility index (Phi) is 4.66. The zero-order valence-electron chi connectivity index (χ0n) is 11.8. The highest BCUT2D eigenvalue weighted by Gasteiger charge is 2.08. The zero-order chi connectivity index (χ0) is 14.4. The Bertz CT molecular complexity index is 547. The molecule has 0 heterocycles. The topological polar surface area (TPSA) is 32.7 Å². The van der Waals surface area contributed by atoms with Gasteiger partial charge in [-0.25, -0.2) is 0 Å². The van der Waals surface area contributed by atoms with E-state index in [4.69, 9.17) is 0 Å². The molecule has 0 spiro atoms. The quantitative estimate of drug-likeness (QED) is 0.783. The van der Waals surface area contributed by atoms with Crippen LogP contribution in [0.4, 0.5) is 0 Å². The van der Waals surface area contributed by atoms with Crippen molar-refractivity contribution < 1.29 is 4.79 Å². The molecule has 2 aromatic rings. The van der Waals surface area contributed by atoms with Crippen LogP contribution in [0.1, 0.15) is 11.1 Å². The molecule has 0 atom stereocenters. The van der Waals surface area contributed by atoms with E-state index in [2.05, 4.69) is 4.99 Å². The zero-order valence-corrected chi connectivity index (χ0v) is 11.8. The van der Waals surface area contributed by atoms with Gasteiger partial charge in [0.1, 0.15) is 6.54 Å². The van der Waals surface area contributed by atoms with E-state index in [9.17, 15) is 4.79 Å². The highest BCUT2D eigenvalue weighted by atomic mass is 16.2. The van der Waals surface area contributed by atoms with Crippen molar-refractivity contribution in [2.75, 3.05) is 20.6 Å². The lowest BCUT2D eigenvalue weighted by molar-refractivity contribution is -0.127. The summed E-state index contributed by atoms with van der Waals surface area (Å²) >= 11 is 0. The molecule has 3 heteroatoms. The van der Waals surface area contributed by atoms with Gasteiger partial charge in [-0.3, -0.25) is 9.79 Å². The Hall–Kier alpha value is -2.42. The fourth-order valence-electron chi connectivity index (χ4n) is 1.83. The number of nitrogens with zero attached hydrogens (tertiary/aromatic N) is 2. The average Bonchev–Trinajstić information content (AvgIpc) is 2.49. The van der Waals surface area contributed by atoms with Crippen molar-refractivity contribution in [2.24, 2.45) is 4.99 Å². The molecule has 0 N–H and O–H groups in total. The molecule has 0 unspecified atom stereocenters. The van der Waals surface area contributed by atoms with Crippen molar-refractivity contribution >= 4 is 11.6 Å². The Balaban J connectivity index is 2.35. The maximum atomic E-state index is 11.7. The molecule has 0 aromatic heterocycles. The van der Waals surface area contributed by atoms with E-state index in [1.807, 2.05) is 60.7 Å². The lowest BCUT2D eigenvalue weighted by atomic mass is 10.0. The van der Waals surface area contributed by atoms with Crippen LogP contribution >= 0.6 is 0 Å². The summed E-state index contributed by atoms with van der Waals surface area (Å²) < 4.78 is 0. The Labute approximate surface area is 119 Å². The van der Waals surface area contributed by atoms with Crippen molar-refractivity contribution in [1.82, 2.24) is 4.90 Å². The van der Waals surface area contributed by atoms with Gasteiger partial charge in [0.05, 0.1) is 5.71 Å². The second-order valence-electron chi connectivity index (χ2n) is 4.69. The lowest BCUT2D eigenvalue weighted by Crippen LogP contribution is -2.24. The number of rotatable bonds is 4. The third kappa shape index (κ3) is 3.54. The van der Waals surface area contributed by atoms with Crippen LogP contribution in [0.2, 0.25) is 0 Å². The number of carbonyl (C=O) groups is 1. The van der Waals surface area contributed by atoms with Crippen LogP contribution in [0.3, 0.4) is 0 Å². The van der Waals surface area contributed by atoms with E-state index in [-0.39, 0.29) is 12.5 Å². The minimum Gasteiger partial charge on any atom is -0.347 e. The maximum Gasteiger partial charge on any atom is 0.243 e. The summed E-state index contributed by atoms with van der Waals surface area (Å²) in [5.74, 6) is -0.00522. The van der Waals surface area contributed by atoms with Gasteiger partial charge in [-0.2, -0.15) is 0 Å². The molecule has 0 radical (unpaired) electrons. The van der Waals surface area contributed by atoms with Crippen molar-refractivity contribution in [1.29, 1.82) is 0 Å². The van der Waals surface area contributed by atoms with Gasteiger partial charge in [0.15, 0.2) is 0 Å². The van der Waals surface area contributed by atoms with Gasteiger partial charge in [-0.15, -0.1) is 0 Å². The minimum absolute atomic E-state index is 0.00522. The number of hydrogen-bond donors (Lipinski definition) is 0. The van der Waals surface area contributed by atoms with Crippen molar-refractivity contribution in [3.63, 3.8) is 0 Å². The Morgan fingerprint density at radius 2 is 1.35 bits per heavy atom. The predicted molar refractivity (Wildman–Crippen MR) is 82.1 cm³/mol. The molecular weight excluding hydrogens is 248 g/mol. The van der Waals surface area contributed by atoms with E-state index in [1.165, 1.54) is 0 Å². The largest absolute Gasteiger partial charge is 0.347 e. The van der Waals surface area contributed by atoms with Gasteiger partial charge in [0, 0.05) is 25.2 Å². The Morgan fingerprint density at radius 3 is 1.75 bits per heavy atom. The number of carbonyl (C=O) groups excluding carboxylic acids is 1. The molecule has 1 amide bonds. The summed E-state index contributed by atoms with van der Waals surface area (Å²) in [7, 11) is 3.48. The van der Waals surface area contributed by atoms with Gasteiger partial charge in [-0.1, -0.05) is 60.7 Å². The van der Waals surface area contributed by atoms with Gasteiger partial charge in [0.25, 0.3) is 0 Å². The molecule has 0 fully saturated rings. The number of amides is 1. The summed E-state index contributed by atoms with van der Waals surface area (Å²) in [6, 6.07) is 19.9. The average molecular weight is 266 g/mol. The molecule has 102 valence electrons. The van der Waals surface area contributed by atoms with Crippen LogP contribution in [0, 0.1) is 0 Å². The van der Waals surface area contributed by atoms with Gasteiger partial charge >= 0.3 is 0 Å². The number of likely N-dealkylation sites (N-methyl/N-ethyl adjacent to an activating group) is 1. The molecular formula is C17H18N2O. The second-order valence-corrected chi connectivity index (χ2v) is 4.69. The molecule has 0 bridgehead atoms. The Morgan fingerprint density at radius 1 is 0.900 bits per heavy atom. The minimum atomic E-state index is -0.00522. The third-order valence-electron chi connectivity index (χ3n) is 2.97. The predicted octanol–water partition coefficient (Wildman–Crippen LogP) is 2.61. The summed E-state index contributed by atoms with van der Waals surface area (Å²) in [4.78, 5) is 17.8. The van der Waals surface area contributed by atoms with Gasteiger partial charge in [0.2, 0.25) is 5.91 Å². The molecule has 2 aromatic carbocycles. The van der Waals surface area contributed by atoms with E-state index >= 15 is 0 Å². The molecule has 0 saturated carbocycles. The monoisotopic (exact) mass is 266 g/mol. The van der Waals surface area contributed by atoms with E-state index in [0.717, 1.165) is 16.8 Å². The summed E-state index contributed by atoms with van der Waals surface area (Å²) in [6.07, 6.45) is 0. The van der Waals surface area contributed by atoms with Crippen molar-refractivity contribution in [3.05, 3.63) is 71.8 Å². The second kappa shape index (κ2) is 6.66. The van der Waals surface area contributed by atoms with Crippen LogP contribution in [-0.2, 0) is 4.79 Å². The number of benzene rings is 2. The molecule has 0 aliphatic carbocycles. The molecule has 2 rings (SSSR count). The van der Waals surface area contributed by atoms with Crippen LogP contribution in [0.25, 0.3) is 0 Å². The van der Waals surface area contributed by atoms with E-state index in [0.29, 0.717) is 0 Å². The highest BCUT2D eigenvalue weighted by molar-refractivity contribution is 6.13. The smallest absolute Gasteiger partial charge is 0.243 e. The first kappa shape index (κ1) is 14.0.